The number of likely N-dealkylation sites (N-methyl/N-ethyl adjacent to an activating group) is 1. The van der Waals surface area contributed by atoms with Gasteiger partial charge in [-0.2, -0.15) is 0 Å². The Kier molecular flexibility index (Phi) is 8.96. The number of aliphatic hydroxyl groups is 1. The minimum Gasteiger partial charge on any atom is -0.507 e. The van der Waals surface area contributed by atoms with Crippen molar-refractivity contribution in [3.8, 4) is 11.5 Å². The molecule has 2 fully saturated rings. The molecule has 0 aliphatic heterocycles. The number of hydrogen-bond acceptors (Lipinski definition) is 11. The summed E-state index contributed by atoms with van der Waals surface area (Å²) < 4.78 is 41.1. The van der Waals surface area contributed by atoms with Crippen molar-refractivity contribution in [2.24, 2.45) is 29.4 Å². The molecule has 0 heterocycles. The van der Waals surface area contributed by atoms with Gasteiger partial charge < -0.3 is 36.2 Å². The second-order valence-electron chi connectivity index (χ2n) is 12.8. The van der Waals surface area contributed by atoms with Crippen molar-refractivity contribution < 1.29 is 56.9 Å². The number of benzene rings is 2. The third-order valence-corrected chi connectivity index (χ3v) is 9.38. The van der Waals surface area contributed by atoms with E-state index in [2.05, 4.69) is 15.4 Å². The summed E-state index contributed by atoms with van der Waals surface area (Å²) >= 11 is 0. The number of halogens is 3. The van der Waals surface area contributed by atoms with Gasteiger partial charge in [0.15, 0.2) is 34.7 Å². The fourth-order valence-electron chi connectivity index (χ4n) is 7.33. The Morgan fingerprint density at radius 1 is 1.06 bits per heavy atom. The molecule has 2 aromatic rings. The molecule has 6 atom stereocenters. The summed E-state index contributed by atoms with van der Waals surface area (Å²) in [6.07, 6.45) is -4.94. The maximum absolute atomic E-state index is 14.2. The number of nitrogens with two attached hydrogens (primary N) is 1. The Hall–Kier alpha value is -5.03. The van der Waals surface area contributed by atoms with Crippen LogP contribution >= 0.6 is 0 Å². The van der Waals surface area contributed by atoms with Gasteiger partial charge in [-0.05, 0) is 68.8 Å². The van der Waals surface area contributed by atoms with Gasteiger partial charge in [0, 0.05) is 43.5 Å². The van der Waals surface area contributed by atoms with Crippen LogP contribution in [0.2, 0.25) is 0 Å². The minimum absolute atomic E-state index is 0.0507. The largest absolute Gasteiger partial charge is 0.573 e. The van der Waals surface area contributed by atoms with E-state index in [-0.39, 0.29) is 36.2 Å². The van der Waals surface area contributed by atoms with E-state index in [0.29, 0.717) is 11.3 Å². The summed E-state index contributed by atoms with van der Waals surface area (Å²) in [4.78, 5) is 82.9. The number of alkyl halides is 3. The van der Waals surface area contributed by atoms with Gasteiger partial charge in [0.2, 0.25) is 5.91 Å². The molecule has 0 saturated heterocycles. The number of hydrogen-bond donors (Lipinski definition) is 5. The molecule has 5 rings (SSSR count). The maximum Gasteiger partial charge on any atom is 0.573 e. The van der Waals surface area contributed by atoms with E-state index in [1.54, 1.807) is 25.1 Å². The number of anilines is 2. The molecular formula is C32H34F3N5O9. The van der Waals surface area contributed by atoms with E-state index in [9.17, 15) is 52.2 Å². The average Bonchev–Trinajstić information content (AvgIpc) is 2.98. The molecule has 0 radical (unpaired) electrons. The zero-order valence-electron chi connectivity index (χ0n) is 26.8. The number of carbonyl (C=O) groups is 6. The Morgan fingerprint density at radius 3 is 2.24 bits per heavy atom. The van der Waals surface area contributed by atoms with Crippen LogP contribution in [0.4, 0.5) is 29.3 Å². The Labute approximate surface area is 277 Å². The van der Waals surface area contributed by atoms with Crippen LogP contribution in [0, 0.1) is 23.7 Å². The highest BCUT2D eigenvalue weighted by molar-refractivity contribution is 6.32. The highest BCUT2D eigenvalue weighted by atomic mass is 19.4. The number of Topliss-reactive ketones (excluding diaryl/α,β-unsaturated/α-hetero) is 4. The van der Waals surface area contributed by atoms with Crippen LogP contribution in [0.25, 0.3) is 0 Å². The SMILES string of the molecule is CN(C)c1cc(CNC(=O)Nc2ccc(OC(F)(F)F)cc2)c(O)c2c1CC1CC3[C@H](N(C)C)C(=O)C(C(N)=O)C(=O)[C@@]3(O)C(=O)C1C2=O. The third-order valence-electron chi connectivity index (χ3n) is 9.38. The first-order chi connectivity index (χ1) is 22.8. The van der Waals surface area contributed by atoms with Crippen molar-refractivity contribution in [2.75, 3.05) is 38.4 Å². The number of nitrogens with zero attached hydrogens (tertiary/aromatic N) is 2. The van der Waals surface area contributed by atoms with Gasteiger partial charge in [-0.3, -0.25) is 28.9 Å². The number of carbonyl (C=O) groups excluding carboxylic acids is 6. The van der Waals surface area contributed by atoms with Gasteiger partial charge in [-0.1, -0.05) is 0 Å². The summed E-state index contributed by atoms with van der Waals surface area (Å²) in [6, 6.07) is 3.86. The number of fused-ring (bicyclic) bond motifs is 3. The van der Waals surface area contributed by atoms with E-state index in [1.807, 2.05) is 0 Å². The quantitative estimate of drug-likeness (QED) is 0.261. The van der Waals surface area contributed by atoms with Crippen LogP contribution in [-0.4, -0.2) is 96.4 Å². The molecule has 3 amide bonds. The molecule has 14 nitrogen and oxygen atoms in total. The molecule has 6 N–H and O–H groups in total. The zero-order chi connectivity index (χ0) is 36.3. The highest BCUT2D eigenvalue weighted by Gasteiger charge is 2.69. The van der Waals surface area contributed by atoms with Crippen molar-refractivity contribution in [1.29, 1.82) is 0 Å². The number of ketones is 4. The predicted molar refractivity (Wildman–Crippen MR) is 165 cm³/mol. The van der Waals surface area contributed by atoms with Crippen LogP contribution in [0.5, 0.6) is 11.5 Å². The van der Waals surface area contributed by atoms with Gasteiger partial charge in [-0.15, -0.1) is 13.2 Å². The number of urea groups is 1. The van der Waals surface area contributed by atoms with Gasteiger partial charge in [0.25, 0.3) is 0 Å². The first-order valence-electron chi connectivity index (χ1n) is 15.1. The van der Waals surface area contributed by atoms with E-state index in [0.717, 1.165) is 12.1 Å². The number of primary amides is 1. The second kappa shape index (κ2) is 12.5. The lowest BCUT2D eigenvalue weighted by molar-refractivity contribution is -0.274. The molecule has 17 heteroatoms. The lowest BCUT2D eigenvalue weighted by Gasteiger charge is -2.52. The van der Waals surface area contributed by atoms with Gasteiger partial charge in [0.1, 0.15) is 11.5 Å². The standard InChI is InChI=1S/C32H34F3N5O9/c1-39(2)19-11-14(12-37-30(47)38-15-5-7-16(8-6-15)49-32(33,34)35)24(41)21-17(19)9-13-10-18-23(40(3)4)26(43)22(29(36)46)28(45)31(18,48)27(44)20(13)25(21)42/h5-8,11,13,18,20,22-23,41,48H,9-10,12H2,1-4H3,(H2,36,46)(H2,37,38,47)/t13?,18?,20?,22?,23-,31-/m0/s1. The van der Waals surface area contributed by atoms with Gasteiger partial charge in [-0.25, -0.2) is 4.79 Å². The summed E-state index contributed by atoms with van der Waals surface area (Å²) in [5, 5.41) is 28.0. The summed E-state index contributed by atoms with van der Waals surface area (Å²) in [5.74, 6) is -12.4. The van der Waals surface area contributed by atoms with Crippen molar-refractivity contribution in [3.05, 3.63) is 47.0 Å². The number of ether oxygens (including phenoxy) is 1. The number of rotatable bonds is 7. The highest BCUT2D eigenvalue weighted by Crippen LogP contribution is 2.52. The Morgan fingerprint density at radius 2 is 1.69 bits per heavy atom. The predicted octanol–water partition coefficient (Wildman–Crippen LogP) is 1.15. The third kappa shape index (κ3) is 6.07. The molecule has 3 aliphatic carbocycles. The number of phenolic OH excluding ortho intramolecular Hbond substituents is 1. The first-order valence-corrected chi connectivity index (χ1v) is 15.1. The number of amides is 3. The van der Waals surface area contributed by atoms with E-state index < -0.39 is 88.2 Å². The summed E-state index contributed by atoms with van der Waals surface area (Å²) in [5.41, 5.74) is 3.29. The molecule has 49 heavy (non-hydrogen) atoms. The number of nitrogens with one attached hydrogen (secondary N) is 2. The first kappa shape index (κ1) is 35.3. The fourth-order valence-corrected chi connectivity index (χ4v) is 7.33. The lowest BCUT2D eigenvalue weighted by Crippen LogP contribution is -2.74. The zero-order valence-corrected chi connectivity index (χ0v) is 26.8. The van der Waals surface area contributed by atoms with Gasteiger partial charge in [0.05, 0.1) is 17.5 Å². The Balaban J connectivity index is 1.44. The number of aromatic hydroxyl groups is 1. The molecule has 262 valence electrons. The molecule has 0 aromatic heterocycles. The second-order valence-corrected chi connectivity index (χ2v) is 12.8. The van der Waals surface area contributed by atoms with Crippen molar-refractivity contribution in [2.45, 2.75) is 37.4 Å². The van der Waals surface area contributed by atoms with E-state index >= 15 is 0 Å². The average molecular weight is 690 g/mol. The normalized spacial score (nSPS) is 26.4. The van der Waals surface area contributed by atoms with Crippen LogP contribution in [0.15, 0.2) is 30.3 Å². The number of phenols is 1. The smallest absolute Gasteiger partial charge is 0.507 e. The van der Waals surface area contributed by atoms with Crippen LogP contribution in [-0.2, 0) is 32.1 Å². The van der Waals surface area contributed by atoms with Crippen LogP contribution < -0.4 is 26.0 Å². The fraction of sp³-hybridized carbons (Fsp3) is 0.438. The van der Waals surface area contributed by atoms with E-state index in [1.165, 1.54) is 31.1 Å². The molecule has 0 spiro atoms. The monoisotopic (exact) mass is 689 g/mol. The Bertz CT molecular complexity index is 1760. The maximum atomic E-state index is 14.2. The summed E-state index contributed by atoms with van der Waals surface area (Å²) in [6.45, 7) is -0.339. The van der Waals surface area contributed by atoms with E-state index in [4.69, 9.17) is 5.73 Å². The molecule has 0 bridgehead atoms. The summed E-state index contributed by atoms with van der Waals surface area (Å²) in [7, 11) is 6.34. The van der Waals surface area contributed by atoms with Gasteiger partial charge >= 0.3 is 12.4 Å². The minimum atomic E-state index is -4.89. The van der Waals surface area contributed by atoms with Crippen LogP contribution in [0.1, 0.15) is 27.9 Å². The van der Waals surface area contributed by atoms with Crippen LogP contribution in [0.3, 0.4) is 0 Å². The molecule has 4 unspecified atom stereocenters. The van der Waals surface area contributed by atoms with Crippen molar-refractivity contribution in [3.63, 3.8) is 0 Å². The van der Waals surface area contributed by atoms with Crippen molar-refractivity contribution in [1.82, 2.24) is 10.2 Å². The molecule has 2 aromatic carbocycles. The van der Waals surface area contributed by atoms with Crippen molar-refractivity contribution >= 4 is 46.4 Å². The molecule has 2 saturated carbocycles. The molecule has 3 aliphatic rings. The lowest BCUT2D eigenvalue weighted by atomic mass is 9.52. The molecular weight excluding hydrogens is 655 g/mol. The topological polar surface area (TPSA) is 209 Å².